The van der Waals surface area contributed by atoms with Crippen molar-refractivity contribution >= 4 is 40.0 Å². The van der Waals surface area contributed by atoms with Crippen LogP contribution in [0.1, 0.15) is 37.4 Å². The summed E-state index contributed by atoms with van der Waals surface area (Å²) in [6.07, 6.45) is 0. The van der Waals surface area contributed by atoms with E-state index >= 15 is 0 Å². The second kappa shape index (κ2) is 7.59. The third-order valence-corrected chi connectivity index (χ3v) is 4.37. The van der Waals surface area contributed by atoms with E-state index in [1.807, 2.05) is 20.8 Å². The molecule has 7 heteroatoms. The van der Waals surface area contributed by atoms with E-state index in [2.05, 4.69) is 22.5 Å². The van der Waals surface area contributed by atoms with Crippen LogP contribution < -0.4 is 16.4 Å². The maximum Gasteiger partial charge on any atom is 0.265 e. The molecule has 0 aliphatic heterocycles. The number of carbonyl (C=O) groups excluding carboxylic acids is 1. The predicted molar refractivity (Wildman–Crippen MR) is 85.2 cm³/mol. The van der Waals surface area contributed by atoms with Crippen LogP contribution in [0.15, 0.2) is 0 Å². The zero-order valence-electron chi connectivity index (χ0n) is 11.8. The molecule has 0 radical (unpaired) electrons. The molecule has 1 heterocycles. The fraction of sp³-hybridized carbons (Fsp3) is 0.667. The molecule has 0 saturated carbocycles. The Morgan fingerprint density at radius 2 is 2.16 bits per heavy atom. The molecule has 1 atom stereocenters. The number of anilines is 2. The number of thioether (sulfide) groups is 1. The van der Waals surface area contributed by atoms with Crippen LogP contribution in [0, 0.1) is 0 Å². The Kier molecular flexibility index (Phi) is 6.44. The normalized spacial score (nSPS) is 12.5. The molecule has 1 amide bonds. The van der Waals surface area contributed by atoms with E-state index in [0.29, 0.717) is 15.8 Å². The summed E-state index contributed by atoms with van der Waals surface area (Å²) in [4.78, 5) is 16.7. The highest BCUT2D eigenvalue weighted by molar-refractivity contribution is 7.99. The zero-order chi connectivity index (χ0) is 14.4. The molecule has 19 heavy (non-hydrogen) atoms. The van der Waals surface area contributed by atoms with Crippen LogP contribution in [0.5, 0.6) is 0 Å². The highest BCUT2D eigenvalue weighted by Crippen LogP contribution is 2.25. The monoisotopic (exact) mass is 302 g/mol. The first-order chi connectivity index (χ1) is 8.93. The first-order valence-corrected chi connectivity index (χ1v) is 8.32. The fourth-order valence-electron chi connectivity index (χ4n) is 1.43. The first-order valence-electron chi connectivity index (χ1n) is 6.35. The number of hydrogen-bond acceptors (Lipinski definition) is 6. The van der Waals surface area contributed by atoms with Gasteiger partial charge in [-0.05, 0) is 26.5 Å². The quantitative estimate of drug-likeness (QED) is 0.721. The van der Waals surface area contributed by atoms with E-state index in [-0.39, 0.29) is 18.0 Å². The summed E-state index contributed by atoms with van der Waals surface area (Å²) in [6.45, 7) is 8.12. The van der Waals surface area contributed by atoms with Gasteiger partial charge in [0.05, 0.1) is 0 Å². The molecule has 0 aliphatic carbocycles. The van der Waals surface area contributed by atoms with Gasteiger partial charge >= 0.3 is 0 Å². The van der Waals surface area contributed by atoms with Gasteiger partial charge in [-0.2, -0.15) is 11.8 Å². The lowest BCUT2D eigenvalue weighted by atomic mass is 10.3. The Bertz CT molecular complexity index is 420. The summed E-state index contributed by atoms with van der Waals surface area (Å²) < 4.78 is 0. The van der Waals surface area contributed by atoms with Crippen molar-refractivity contribution in [2.45, 2.75) is 39.8 Å². The zero-order valence-corrected chi connectivity index (χ0v) is 13.5. The summed E-state index contributed by atoms with van der Waals surface area (Å²) in [5, 5.41) is 6.78. The summed E-state index contributed by atoms with van der Waals surface area (Å²) in [5.41, 5.74) is 5.79. The first kappa shape index (κ1) is 16.1. The lowest BCUT2D eigenvalue weighted by Gasteiger charge is -2.12. The van der Waals surface area contributed by atoms with Crippen LogP contribution in [-0.4, -0.2) is 34.5 Å². The number of carbonyl (C=O) groups is 1. The molecule has 1 aromatic rings. The number of rotatable bonds is 7. The maximum atomic E-state index is 12.1. The van der Waals surface area contributed by atoms with Crippen molar-refractivity contribution in [2.24, 2.45) is 0 Å². The van der Waals surface area contributed by atoms with Crippen molar-refractivity contribution < 1.29 is 4.79 Å². The molecule has 4 N–H and O–H groups in total. The van der Waals surface area contributed by atoms with E-state index in [1.165, 1.54) is 11.3 Å². The van der Waals surface area contributed by atoms with Crippen molar-refractivity contribution in [1.82, 2.24) is 10.3 Å². The second-order valence-corrected chi connectivity index (χ2v) is 6.88. The number of nitrogens with two attached hydrogens (primary N) is 1. The SMILES string of the molecule is CCSCC(C)NC(=O)c1sc(NC(C)C)nc1N. The van der Waals surface area contributed by atoms with Crippen LogP contribution >= 0.6 is 23.1 Å². The maximum absolute atomic E-state index is 12.1. The largest absolute Gasteiger partial charge is 0.382 e. The Hall–Kier alpha value is -0.950. The fourth-order valence-corrected chi connectivity index (χ4v) is 3.04. The van der Waals surface area contributed by atoms with E-state index in [4.69, 9.17) is 5.73 Å². The van der Waals surface area contributed by atoms with Crippen molar-refractivity contribution in [3.05, 3.63) is 4.88 Å². The molecule has 0 spiro atoms. The molecule has 1 aromatic heterocycles. The lowest BCUT2D eigenvalue weighted by molar-refractivity contribution is 0.0948. The topological polar surface area (TPSA) is 80.0 Å². The summed E-state index contributed by atoms with van der Waals surface area (Å²) in [6, 6.07) is 0.391. The van der Waals surface area contributed by atoms with Gasteiger partial charge in [0, 0.05) is 17.8 Å². The number of amides is 1. The summed E-state index contributed by atoms with van der Waals surface area (Å²) in [5.74, 6) is 2.10. The molecule has 1 rings (SSSR count). The van der Waals surface area contributed by atoms with Gasteiger partial charge in [0.25, 0.3) is 5.91 Å². The molecule has 1 unspecified atom stereocenters. The van der Waals surface area contributed by atoms with E-state index in [1.54, 1.807) is 11.8 Å². The van der Waals surface area contributed by atoms with Crippen molar-refractivity contribution in [3.63, 3.8) is 0 Å². The van der Waals surface area contributed by atoms with Crippen molar-refractivity contribution in [1.29, 1.82) is 0 Å². The third kappa shape index (κ3) is 5.28. The number of nitrogen functional groups attached to an aromatic ring is 1. The lowest BCUT2D eigenvalue weighted by Crippen LogP contribution is -2.34. The average molecular weight is 302 g/mol. The van der Waals surface area contributed by atoms with Gasteiger partial charge in [0.1, 0.15) is 10.7 Å². The second-order valence-electron chi connectivity index (χ2n) is 4.57. The average Bonchev–Trinajstić information content (AvgIpc) is 2.66. The summed E-state index contributed by atoms with van der Waals surface area (Å²) in [7, 11) is 0. The molecular weight excluding hydrogens is 280 g/mol. The summed E-state index contributed by atoms with van der Waals surface area (Å²) >= 11 is 3.10. The molecule has 0 fully saturated rings. The molecule has 0 aromatic carbocycles. The predicted octanol–water partition coefficient (Wildman–Crippen LogP) is 2.42. The standard InChI is InChI=1S/C12H22N4OS2/c1-5-18-6-8(4)15-11(17)9-10(13)16-12(19-9)14-7(2)3/h7-8H,5-6,13H2,1-4H3,(H,14,16)(H,15,17). The Morgan fingerprint density at radius 3 is 2.74 bits per heavy atom. The van der Waals surface area contributed by atoms with Gasteiger partial charge in [-0.3, -0.25) is 4.79 Å². The van der Waals surface area contributed by atoms with Crippen molar-refractivity contribution in [3.8, 4) is 0 Å². The van der Waals surface area contributed by atoms with Gasteiger partial charge in [-0.15, -0.1) is 0 Å². The Labute approximate surface area is 122 Å². The molecule has 0 aliphatic rings. The molecule has 0 bridgehead atoms. The van der Waals surface area contributed by atoms with Gasteiger partial charge in [-0.25, -0.2) is 4.98 Å². The van der Waals surface area contributed by atoms with Gasteiger partial charge < -0.3 is 16.4 Å². The molecular formula is C12H22N4OS2. The molecule has 0 saturated heterocycles. The van der Waals surface area contributed by atoms with Crippen molar-refractivity contribution in [2.75, 3.05) is 22.6 Å². The minimum atomic E-state index is -0.143. The van der Waals surface area contributed by atoms with E-state index in [9.17, 15) is 4.79 Å². The Morgan fingerprint density at radius 1 is 1.47 bits per heavy atom. The highest BCUT2D eigenvalue weighted by Gasteiger charge is 2.18. The van der Waals surface area contributed by atoms with Gasteiger partial charge in [0.15, 0.2) is 5.13 Å². The van der Waals surface area contributed by atoms with Gasteiger partial charge in [-0.1, -0.05) is 18.3 Å². The number of aromatic nitrogens is 1. The van der Waals surface area contributed by atoms with E-state index in [0.717, 1.165) is 11.5 Å². The van der Waals surface area contributed by atoms with E-state index < -0.39 is 0 Å². The minimum absolute atomic E-state index is 0.125. The van der Waals surface area contributed by atoms with Gasteiger partial charge in [0.2, 0.25) is 0 Å². The minimum Gasteiger partial charge on any atom is -0.382 e. The number of nitrogens with one attached hydrogen (secondary N) is 2. The Balaban J connectivity index is 2.63. The van der Waals surface area contributed by atoms with Crippen LogP contribution in [0.4, 0.5) is 10.9 Å². The van der Waals surface area contributed by atoms with Crippen LogP contribution in [0.3, 0.4) is 0 Å². The smallest absolute Gasteiger partial charge is 0.265 e. The van der Waals surface area contributed by atoms with Crippen LogP contribution in [-0.2, 0) is 0 Å². The number of thiazole rings is 1. The third-order valence-electron chi connectivity index (χ3n) is 2.22. The van der Waals surface area contributed by atoms with Crippen LogP contribution in [0.25, 0.3) is 0 Å². The molecule has 108 valence electrons. The van der Waals surface area contributed by atoms with Crippen LogP contribution in [0.2, 0.25) is 0 Å². The number of nitrogens with zero attached hydrogens (tertiary/aromatic N) is 1. The highest BCUT2D eigenvalue weighted by atomic mass is 32.2. The number of hydrogen-bond donors (Lipinski definition) is 3. The molecule has 5 nitrogen and oxygen atoms in total.